The highest BCUT2D eigenvalue weighted by molar-refractivity contribution is 7.89. The predicted octanol–water partition coefficient (Wildman–Crippen LogP) is 1.68. The van der Waals surface area contributed by atoms with Crippen molar-refractivity contribution >= 4 is 21.6 Å². The van der Waals surface area contributed by atoms with Crippen LogP contribution in [0.1, 0.15) is 18.4 Å². The second-order valence-electron chi connectivity index (χ2n) is 4.88. The maximum atomic E-state index is 12.4. The molecule has 0 aromatic heterocycles. The van der Waals surface area contributed by atoms with Crippen molar-refractivity contribution in [3.05, 3.63) is 28.8 Å². The minimum absolute atomic E-state index is 0.126. The third-order valence-corrected chi connectivity index (χ3v) is 5.47. The van der Waals surface area contributed by atoms with E-state index in [4.69, 9.17) is 17.3 Å². The maximum absolute atomic E-state index is 12.4. The molecule has 1 saturated carbocycles. The molecule has 1 fully saturated rings. The number of rotatable bonds is 4. The number of hydrogen-bond donors (Lipinski definition) is 1. The molecule has 2 N–H and O–H groups in total. The van der Waals surface area contributed by atoms with Gasteiger partial charge in [-0.15, -0.1) is 0 Å². The molecule has 6 heteroatoms. The molecule has 0 radical (unpaired) electrons. The molecule has 2 rings (SSSR count). The molecule has 0 spiro atoms. The molecule has 0 unspecified atom stereocenters. The van der Waals surface area contributed by atoms with Gasteiger partial charge in [0.15, 0.2) is 0 Å². The van der Waals surface area contributed by atoms with Gasteiger partial charge in [0.25, 0.3) is 0 Å². The minimum atomic E-state index is -3.53. The fourth-order valence-electron chi connectivity index (χ4n) is 1.87. The lowest BCUT2D eigenvalue weighted by atomic mass is 10.2. The molecule has 0 saturated heterocycles. The van der Waals surface area contributed by atoms with Crippen LogP contribution in [0.2, 0.25) is 5.02 Å². The molecular formula is C14H17ClN2O2S. The van der Waals surface area contributed by atoms with E-state index in [0.29, 0.717) is 18.0 Å². The summed E-state index contributed by atoms with van der Waals surface area (Å²) >= 11 is 6.08. The van der Waals surface area contributed by atoms with Gasteiger partial charge in [0.05, 0.1) is 11.6 Å². The lowest BCUT2D eigenvalue weighted by Crippen LogP contribution is -2.29. The summed E-state index contributed by atoms with van der Waals surface area (Å²) in [6.07, 6.45) is 2.20. The predicted molar refractivity (Wildman–Crippen MR) is 79.9 cm³/mol. The van der Waals surface area contributed by atoms with Crippen LogP contribution >= 0.6 is 11.6 Å². The number of sulfonamides is 1. The summed E-state index contributed by atoms with van der Waals surface area (Å²) in [6.45, 7) is 0.801. The summed E-state index contributed by atoms with van der Waals surface area (Å²) in [5.41, 5.74) is 5.95. The van der Waals surface area contributed by atoms with E-state index in [0.717, 1.165) is 12.8 Å². The number of halogens is 1. The van der Waals surface area contributed by atoms with E-state index in [2.05, 4.69) is 11.8 Å². The molecule has 1 aliphatic carbocycles. The van der Waals surface area contributed by atoms with Crippen molar-refractivity contribution in [2.24, 2.45) is 11.7 Å². The standard InChI is InChI=1S/C14H17ClN2O2S/c1-17(10-12-4-5-12)20(18,19)14-7-6-11(3-2-8-16)9-13(14)15/h6-7,9,12H,4-5,8,10,16H2,1H3. The summed E-state index contributed by atoms with van der Waals surface area (Å²) < 4.78 is 26.2. The molecule has 1 aromatic rings. The Hall–Kier alpha value is -1.06. The fraction of sp³-hybridized carbons (Fsp3) is 0.429. The van der Waals surface area contributed by atoms with Crippen molar-refractivity contribution in [1.82, 2.24) is 4.31 Å². The Bertz CT molecular complexity index is 657. The van der Waals surface area contributed by atoms with Crippen molar-refractivity contribution in [2.75, 3.05) is 20.1 Å². The van der Waals surface area contributed by atoms with Gasteiger partial charge in [0, 0.05) is 19.2 Å². The van der Waals surface area contributed by atoms with Crippen molar-refractivity contribution < 1.29 is 8.42 Å². The van der Waals surface area contributed by atoms with Crippen LogP contribution in [-0.2, 0) is 10.0 Å². The van der Waals surface area contributed by atoms with E-state index in [1.807, 2.05) is 0 Å². The highest BCUT2D eigenvalue weighted by Crippen LogP contribution is 2.32. The van der Waals surface area contributed by atoms with Gasteiger partial charge in [-0.3, -0.25) is 0 Å². The van der Waals surface area contributed by atoms with Crippen LogP contribution in [0, 0.1) is 17.8 Å². The van der Waals surface area contributed by atoms with Gasteiger partial charge in [0.2, 0.25) is 10.0 Å². The molecular weight excluding hydrogens is 296 g/mol. The Morgan fingerprint density at radius 2 is 2.15 bits per heavy atom. The van der Waals surface area contributed by atoms with E-state index < -0.39 is 10.0 Å². The molecule has 0 atom stereocenters. The molecule has 108 valence electrons. The zero-order valence-corrected chi connectivity index (χ0v) is 12.8. The zero-order valence-electron chi connectivity index (χ0n) is 11.3. The largest absolute Gasteiger partial charge is 0.320 e. The normalized spacial score (nSPS) is 15.0. The Kier molecular flexibility index (Phi) is 4.71. The first kappa shape index (κ1) is 15.3. The monoisotopic (exact) mass is 312 g/mol. The summed E-state index contributed by atoms with van der Waals surface area (Å²) in [4.78, 5) is 0.126. The van der Waals surface area contributed by atoms with Crippen LogP contribution in [0.4, 0.5) is 0 Å². The van der Waals surface area contributed by atoms with Crippen LogP contribution in [0.25, 0.3) is 0 Å². The fourth-order valence-corrected chi connectivity index (χ4v) is 3.63. The van der Waals surface area contributed by atoms with E-state index in [1.54, 1.807) is 19.2 Å². The molecule has 1 aliphatic rings. The number of benzene rings is 1. The van der Waals surface area contributed by atoms with E-state index in [-0.39, 0.29) is 16.5 Å². The van der Waals surface area contributed by atoms with Crippen LogP contribution in [0.5, 0.6) is 0 Å². The van der Waals surface area contributed by atoms with Gasteiger partial charge in [-0.1, -0.05) is 23.4 Å². The average molecular weight is 313 g/mol. The van der Waals surface area contributed by atoms with Gasteiger partial charge in [-0.2, -0.15) is 0 Å². The molecule has 4 nitrogen and oxygen atoms in total. The highest BCUT2D eigenvalue weighted by Gasteiger charge is 2.30. The SMILES string of the molecule is CN(CC1CC1)S(=O)(=O)c1ccc(C#CCN)cc1Cl. The van der Waals surface area contributed by atoms with Crippen LogP contribution in [0.15, 0.2) is 23.1 Å². The van der Waals surface area contributed by atoms with E-state index in [9.17, 15) is 8.42 Å². The third kappa shape index (κ3) is 3.53. The Morgan fingerprint density at radius 1 is 1.45 bits per heavy atom. The molecule has 1 aromatic carbocycles. The second-order valence-corrected chi connectivity index (χ2v) is 7.30. The van der Waals surface area contributed by atoms with Crippen LogP contribution in [0.3, 0.4) is 0 Å². The topological polar surface area (TPSA) is 63.4 Å². The number of nitrogens with two attached hydrogens (primary N) is 1. The first-order valence-electron chi connectivity index (χ1n) is 6.40. The lowest BCUT2D eigenvalue weighted by molar-refractivity contribution is 0.453. The summed E-state index contributed by atoms with van der Waals surface area (Å²) in [5, 5.41) is 0.191. The van der Waals surface area contributed by atoms with Crippen molar-refractivity contribution in [3.8, 4) is 11.8 Å². The third-order valence-electron chi connectivity index (χ3n) is 3.17. The lowest BCUT2D eigenvalue weighted by Gasteiger charge is -2.17. The van der Waals surface area contributed by atoms with Gasteiger partial charge in [-0.05, 0) is 37.0 Å². The van der Waals surface area contributed by atoms with Gasteiger partial charge < -0.3 is 5.73 Å². The van der Waals surface area contributed by atoms with Gasteiger partial charge >= 0.3 is 0 Å². The number of hydrogen-bond acceptors (Lipinski definition) is 3. The highest BCUT2D eigenvalue weighted by atomic mass is 35.5. The Labute approximate surface area is 125 Å². The quantitative estimate of drug-likeness (QED) is 0.860. The maximum Gasteiger partial charge on any atom is 0.244 e. The first-order valence-corrected chi connectivity index (χ1v) is 8.22. The molecule has 20 heavy (non-hydrogen) atoms. The van der Waals surface area contributed by atoms with Crippen LogP contribution in [-0.4, -0.2) is 32.9 Å². The first-order chi connectivity index (χ1) is 9.45. The van der Waals surface area contributed by atoms with Gasteiger partial charge in [-0.25, -0.2) is 12.7 Å². The number of nitrogens with zero attached hydrogens (tertiary/aromatic N) is 1. The summed E-state index contributed by atoms with van der Waals surface area (Å²) in [6, 6.07) is 4.70. The zero-order chi connectivity index (χ0) is 14.8. The summed E-state index contributed by atoms with van der Waals surface area (Å²) in [5.74, 6) is 6.02. The second kappa shape index (κ2) is 6.15. The van der Waals surface area contributed by atoms with Crippen molar-refractivity contribution in [1.29, 1.82) is 0 Å². The molecule has 0 bridgehead atoms. The van der Waals surface area contributed by atoms with Crippen molar-refractivity contribution in [2.45, 2.75) is 17.7 Å². The van der Waals surface area contributed by atoms with E-state index >= 15 is 0 Å². The Balaban J connectivity index is 2.26. The van der Waals surface area contributed by atoms with Crippen LogP contribution < -0.4 is 5.73 Å². The Morgan fingerprint density at radius 3 is 2.70 bits per heavy atom. The average Bonchev–Trinajstić information content (AvgIpc) is 3.20. The van der Waals surface area contributed by atoms with Crippen molar-refractivity contribution in [3.63, 3.8) is 0 Å². The van der Waals surface area contributed by atoms with E-state index in [1.165, 1.54) is 10.4 Å². The smallest absolute Gasteiger partial charge is 0.244 e. The minimum Gasteiger partial charge on any atom is -0.320 e. The summed E-state index contributed by atoms with van der Waals surface area (Å²) in [7, 11) is -1.94. The molecule has 0 aliphatic heterocycles. The molecule has 0 amide bonds. The molecule has 0 heterocycles. The van der Waals surface area contributed by atoms with Gasteiger partial charge in [0.1, 0.15) is 4.90 Å².